The fourth-order valence-electron chi connectivity index (χ4n) is 6.58. The average molecular weight is 605 g/mol. The Balaban J connectivity index is 1.38. The van der Waals surface area contributed by atoms with Crippen LogP contribution in [0.1, 0.15) is 124 Å². The maximum Gasteiger partial charge on any atom is 0.179 e. The molecule has 2 heterocycles. The maximum atomic E-state index is 13.8. The van der Waals surface area contributed by atoms with Gasteiger partial charge in [0.1, 0.15) is 11.5 Å². The van der Waals surface area contributed by atoms with Crippen molar-refractivity contribution in [3.63, 3.8) is 0 Å². The first-order chi connectivity index (χ1) is 21.6. The van der Waals surface area contributed by atoms with E-state index >= 15 is 0 Å². The molecule has 2 aromatic rings. The standard InChI is InChI=1S/C38H56N2O4/c1-3-5-29-43-33-21-17-31(18-22-33)37(41)35(39-25-11-7-12-26-39)15-9-10-16-36(40-27-13-8-14-28-40)38(42)32-19-23-34(24-20-32)44-30-6-4-2/h17-24,35-36H,3-16,25-30H2,1-2H3/t35-,36+. The number of Topliss-reactive ketones (excluding diaryl/α,β-unsaturated/α-hetero) is 2. The van der Waals surface area contributed by atoms with Crippen LogP contribution in [0.2, 0.25) is 0 Å². The quantitative estimate of drug-likeness (QED) is 0.119. The van der Waals surface area contributed by atoms with Crippen LogP contribution in [-0.2, 0) is 0 Å². The Labute approximate surface area is 266 Å². The van der Waals surface area contributed by atoms with E-state index in [4.69, 9.17) is 9.47 Å². The van der Waals surface area contributed by atoms with Crippen LogP contribution in [0.5, 0.6) is 11.5 Å². The largest absolute Gasteiger partial charge is 0.494 e. The summed E-state index contributed by atoms with van der Waals surface area (Å²) in [5.41, 5.74) is 1.54. The Kier molecular flexibility index (Phi) is 14.7. The van der Waals surface area contributed by atoms with Crippen LogP contribution in [0.15, 0.2) is 48.5 Å². The first-order valence-corrected chi connectivity index (χ1v) is 17.6. The summed E-state index contributed by atoms with van der Waals surface area (Å²) in [6.07, 6.45) is 14.9. The van der Waals surface area contributed by atoms with Crippen molar-refractivity contribution in [2.24, 2.45) is 0 Å². The van der Waals surface area contributed by atoms with Gasteiger partial charge in [-0.25, -0.2) is 0 Å². The summed E-state index contributed by atoms with van der Waals surface area (Å²) in [4.78, 5) is 32.5. The number of hydrogen-bond donors (Lipinski definition) is 0. The van der Waals surface area contributed by atoms with Crippen molar-refractivity contribution in [1.82, 2.24) is 9.80 Å². The van der Waals surface area contributed by atoms with Gasteiger partial charge in [-0.15, -0.1) is 0 Å². The molecule has 2 saturated heterocycles. The van der Waals surface area contributed by atoms with Gasteiger partial charge in [0.05, 0.1) is 25.3 Å². The van der Waals surface area contributed by atoms with Crippen molar-refractivity contribution < 1.29 is 19.1 Å². The number of nitrogens with zero attached hydrogens (tertiary/aromatic N) is 2. The van der Waals surface area contributed by atoms with Gasteiger partial charge in [0.2, 0.25) is 0 Å². The van der Waals surface area contributed by atoms with Crippen molar-refractivity contribution in [3.05, 3.63) is 59.7 Å². The molecule has 2 aliphatic rings. The van der Waals surface area contributed by atoms with Crippen LogP contribution in [0.3, 0.4) is 0 Å². The first kappa shape index (κ1) is 34.2. The third-order valence-corrected chi connectivity index (χ3v) is 9.28. The minimum atomic E-state index is -0.105. The third kappa shape index (κ3) is 10.4. The number of hydrogen-bond acceptors (Lipinski definition) is 6. The number of ether oxygens (including phenoxy) is 2. The zero-order chi connectivity index (χ0) is 31.0. The van der Waals surface area contributed by atoms with Gasteiger partial charge in [-0.2, -0.15) is 0 Å². The van der Waals surface area contributed by atoms with Gasteiger partial charge in [0.25, 0.3) is 0 Å². The molecule has 2 atom stereocenters. The molecule has 0 amide bonds. The third-order valence-electron chi connectivity index (χ3n) is 9.28. The van der Waals surface area contributed by atoms with Crippen molar-refractivity contribution in [2.45, 2.75) is 116 Å². The number of rotatable bonds is 19. The SMILES string of the molecule is CCCCOc1ccc(C(=O)[C@@H](CCCC[C@@H](C(=O)c2ccc(OCCCC)cc2)N2CCCCC2)N2CCCCC2)cc1. The second-order valence-electron chi connectivity index (χ2n) is 12.7. The van der Waals surface area contributed by atoms with E-state index in [-0.39, 0.29) is 23.7 Å². The lowest BCUT2D eigenvalue weighted by Gasteiger charge is -2.35. The molecule has 2 aliphatic heterocycles. The monoisotopic (exact) mass is 604 g/mol. The van der Waals surface area contributed by atoms with Gasteiger partial charge in [0, 0.05) is 11.1 Å². The van der Waals surface area contributed by atoms with E-state index in [2.05, 4.69) is 23.6 Å². The summed E-state index contributed by atoms with van der Waals surface area (Å²) in [6.45, 7) is 9.68. The van der Waals surface area contributed by atoms with Crippen LogP contribution in [0.25, 0.3) is 0 Å². The van der Waals surface area contributed by atoms with Crippen LogP contribution in [-0.4, -0.2) is 72.8 Å². The predicted octanol–water partition coefficient (Wildman–Crippen LogP) is 8.38. The zero-order valence-electron chi connectivity index (χ0n) is 27.4. The fraction of sp³-hybridized carbons (Fsp3) is 0.632. The molecule has 0 spiro atoms. The Morgan fingerprint density at radius 3 is 1.27 bits per heavy atom. The second kappa shape index (κ2) is 19.0. The highest BCUT2D eigenvalue weighted by Gasteiger charge is 2.30. The molecule has 0 unspecified atom stereocenters. The second-order valence-corrected chi connectivity index (χ2v) is 12.7. The average Bonchev–Trinajstić information content (AvgIpc) is 3.07. The topological polar surface area (TPSA) is 59.1 Å². The summed E-state index contributed by atoms with van der Waals surface area (Å²) in [5, 5.41) is 0. The summed E-state index contributed by atoms with van der Waals surface area (Å²) in [7, 11) is 0. The lowest BCUT2D eigenvalue weighted by molar-refractivity contribution is 0.0733. The van der Waals surface area contributed by atoms with E-state index in [9.17, 15) is 9.59 Å². The van der Waals surface area contributed by atoms with E-state index in [1.54, 1.807) is 0 Å². The molecule has 0 radical (unpaired) electrons. The smallest absolute Gasteiger partial charge is 0.179 e. The first-order valence-electron chi connectivity index (χ1n) is 17.6. The molecule has 242 valence electrons. The van der Waals surface area contributed by atoms with Gasteiger partial charge in [0.15, 0.2) is 11.6 Å². The van der Waals surface area contributed by atoms with E-state index < -0.39 is 0 Å². The summed E-state index contributed by atoms with van der Waals surface area (Å²) >= 11 is 0. The van der Waals surface area contributed by atoms with E-state index in [1.807, 2.05) is 48.5 Å². The van der Waals surface area contributed by atoms with E-state index in [0.717, 1.165) is 126 Å². The minimum absolute atomic E-state index is 0.105. The number of likely N-dealkylation sites (tertiary alicyclic amines) is 2. The molecule has 2 aromatic carbocycles. The van der Waals surface area contributed by atoms with E-state index in [0.29, 0.717) is 13.2 Å². The molecular weight excluding hydrogens is 548 g/mol. The van der Waals surface area contributed by atoms with Crippen LogP contribution in [0, 0.1) is 0 Å². The zero-order valence-corrected chi connectivity index (χ0v) is 27.4. The number of benzene rings is 2. The van der Waals surface area contributed by atoms with Crippen LogP contribution >= 0.6 is 0 Å². The molecule has 0 aliphatic carbocycles. The molecule has 0 bridgehead atoms. The molecule has 6 nitrogen and oxygen atoms in total. The van der Waals surface area contributed by atoms with E-state index in [1.165, 1.54) is 12.8 Å². The van der Waals surface area contributed by atoms with Gasteiger partial charge in [-0.05, 0) is 126 Å². The Morgan fingerprint density at radius 1 is 0.568 bits per heavy atom. The lowest BCUT2D eigenvalue weighted by atomic mass is 9.92. The molecular formula is C38H56N2O4. The number of carbonyl (C=O) groups excluding carboxylic acids is 2. The molecule has 4 rings (SSSR count). The maximum absolute atomic E-state index is 13.8. The highest BCUT2D eigenvalue weighted by atomic mass is 16.5. The Bertz CT molecular complexity index is 1020. The molecule has 6 heteroatoms. The number of unbranched alkanes of at least 4 members (excludes halogenated alkanes) is 3. The van der Waals surface area contributed by atoms with Crippen molar-refractivity contribution in [2.75, 3.05) is 39.4 Å². The van der Waals surface area contributed by atoms with Crippen molar-refractivity contribution >= 4 is 11.6 Å². The highest BCUT2D eigenvalue weighted by Crippen LogP contribution is 2.25. The molecule has 0 aromatic heterocycles. The summed E-state index contributed by atoms with van der Waals surface area (Å²) < 4.78 is 11.7. The van der Waals surface area contributed by atoms with Crippen molar-refractivity contribution in [1.29, 1.82) is 0 Å². The number of ketones is 2. The van der Waals surface area contributed by atoms with Crippen LogP contribution < -0.4 is 9.47 Å². The molecule has 0 N–H and O–H groups in total. The van der Waals surface area contributed by atoms with Gasteiger partial charge >= 0.3 is 0 Å². The van der Waals surface area contributed by atoms with Gasteiger partial charge in [-0.1, -0.05) is 52.4 Å². The Hall–Kier alpha value is -2.70. The van der Waals surface area contributed by atoms with Gasteiger partial charge in [-0.3, -0.25) is 19.4 Å². The molecule has 44 heavy (non-hydrogen) atoms. The molecule has 0 saturated carbocycles. The number of piperidine rings is 2. The fourth-order valence-corrected chi connectivity index (χ4v) is 6.58. The van der Waals surface area contributed by atoms with Crippen molar-refractivity contribution in [3.8, 4) is 11.5 Å². The molecule has 2 fully saturated rings. The summed E-state index contributed by atoms with van der Waals surface area (Å²) in [5.74, 6) is 2.10. The summed E-state index contributed by atoms with van der Waals surface area (Å²) in [6, 6.07) is 15.3. The Morgan fingerprint density at radius 2 is 0.932 bits per heavy atom. The van der Waals surface area contributed by atoms with Crippen LogP contribution in [0.4, 0.5) is 0 Å². The van der Waals surface area contributed by atoms with Gasteiger partial charge < -0.3 is 9.47 Å². The highest BCUT2D eigenvalue weighted by molar-refractivity contribution is 6.00. The normalized spacial score (nSPS) is 17.6. The minimum Gasteiger partial charge on any atom is -0.494 e. The lowest BCUT2D eigenvalue weighted by Crippen LogP contribution is -2.45. The predicted molar refractivity (Wildman–Crippen MR) is 179 cm³/mol. The number of carbonyl (C=O) groups is 2.